The number of nitrogens with zero attached hydrogens (tertiary/aromatic N) is 3. The van der Waals surface area contributed by atoms with Crippen LogP contribution < -0.4 is 15.4 Å². The maximum absolute atomic E-state index is 12.5. The van der Waals surface area contributed by atoms with Crippen LogP contribution in [0.4, 0.5) is 5.69 Å². The molecule has 0 aliphatic carbocycles. The molecule has 0 bridgehead atoms. The summed E-state index contributed by atoms with van der Waals surface area (Å²) in [5.41, 5.74) is 1.19. The van der Waals surface area contributed by atoms with Crippen molar-refractivity contribution >= 4 is 40.9 Å². The fraction of sp³-hybridized carbons (Fsp3) is 0.238. The summed E-state index contributed by atoms with van der Waals surface area (Å²) in [6, 6.07) is 13.7. The van der Waals surface area contributed by atoms with Crippen LogP contribution in [-0.4, -0.2) is 38.9 Å². The Balaban J connectivity index is 1.55. The van der Waals surface area contributed by atoms with Crippen molar-refractivity contribution in [1.29, 1.82) is 0 Å². The molecule has 2 amide bonds. The molecule has 8 nitrogen and oxygen atoms in total. The molecule has 1 atom stereocenters. The number of hydrogen-bond acceptors (Lipinski definition) is 6. The summed E-state index contributed by atoms with van der Waals surface area (Å²) in [6.07, 6.45) is 0. The van der Waals surface area contributed by atoms with Gasteiger partial charge in [0.2, 0.25) is 5.91 Å². The SMILES string of the molecule is COc1ccc(NC(=O)[C@@H](C)Sc2nnc(CNC(=O)c3ccc(Cl)cc3)n2C)cc1. The Morgan fingerprint density at radius 2 is 1.81 bits per heavy atom. The van der Waals surface area contributed by atoms with Gasteiger partial charge >= 0.3 is 0 Å². The zero-order valence-electron chi connectivity index (χ0n) is 17.3. The lowest BCUT2D eigenvalue weighted by Crippen LogP contribution is -2.24. The smallest absolute Gasteiger partial charge is 0.251 e. The Labute approximate surface area is 189 Å². The van der Waals surface area contributed by atoms with Gasteiger partial charge in [-0.05, 0) is 55.5 Å². The van der Waals surface area contributed by atoms with Crippen LogP contribution in [0.1, 0.15) is 23.1 Å². The lowest BCUT2D eigenvalue weighted by molar-refractivity contribution is -0.115. The zero-order valence-corrected chi connectivity index (χ0v) is 18.8. The van der Waals surface area contributed by atoms with Crippen LogP contribution in [-0.2, 0) is 18.4 Å². The number of amides is 2. The Hall–Kier alpha value is -3.04. The molecule has 0 unspecified atom stereocenters. The molecule has 0 saturated heterocycles. The lowest BCUT2D eigenvalue weighted by atomic mass is 10.2. The van der Waals surface area contributed by atoms with Gasteiger partial charge in [0.05, 0.1) is 18.9 Å². The minimum atomic E-state index is -0.401. The number of anilines is 1. The van der Waals surface area contributed by atoms with E-state index >= 15 is 0 Å². The van der Waals surface area contributed by atoms with Crippen LogP contribution in [0.2, 0.25) is 5.02 Å². The second-order valence-electron chi connectivity index (χ2n) is 6.63. The molecule has 0 spiro atoms. The van der Waals surface area contributed by atoms with Crippen molar-refractivity contribution in [3.05, 3.63) is 64.9 Å². The predicted molar refractivity (Wildman–Crippen MR) is 121 cm³/mol. The fourth-order valence-corrected chi connectivity index (χ4v) is 3.55. The Bertz CT molecular complexity index is 1050. The third-order valence-corrected chi connectivity index (χ3v) is 5.83. The van der Waals surface area contributed by atoms with E-state index in [2.05, 4.69) is 20.8 Å². The van der Waals surface area contributed by atoms with Crippen molar-refractivity contribution in [1.82, 2.24) is 20.1 Å². The van der Waals surface area contributed by atoms with E-state index in [4.69, 9.17) is 16.3 Å². The van der Waals surface area contributed by atoms with Gasteiger partial charge in [-0.25, -0.2) is 0 Å². The third kappa shape index (κ3) is 5.99. The number of thioether (sulfide) groups is 1. The van der Waals surface area contributed by atoms with Crippen LogP contribution >= 0.6 is 23.4 Å². The van der Waals surface area contributed by atoms with Crippen molar-refractivity contribution < 1.29 is 14.3 Å². The molecule has 2 N–H and O–H groups in total. The minimum absolute atomic E-state index is 0.157. The van der Waals surface area contributed by atoms with Crippen molar-refractivity contribution in [2.24, 2.45) is 7.05 Å². The fourth-order valence-electron chi connectivity index (χ4n) is 2.59. The number of hydrogen-bond donors (Lipinski definition) is 2. The largest absolute Gasteiger partial charge is 0.497 e. The van der Waals surface area contributed by atoms with Gasteiger partial charge in [0.25, 0.3) is 5.91 Å². The highest BCUT2D eigenvalue weighted by Gasteiger charge is 2.19. The highest BCUT2D eigenvalue weighted by Crippen LogP contribution is 2.23. The topological polar surface area (TPSA) is 98.1 Å². The van der Waals surface area contributed by atoms with Crippen LogP contribution in [0.5, 0.6) is 5.75 Å². The van der Waals surface area contributed by atoms with E-state index < -0.39 is 5.25 Å². The van der Waals surface area contributed by atoms with Gasteiger partial charge in [0.1, 0.15) is 5.75 Å². The van der Waals surface area contributed by atoms with Crippen molar-refractivity contribution in [2.45, 2.75) is 23.9 Å². The monoisotopic (exact) mass is 459 g/mol. The van der Waals surface area contributed by atoms with Gasteiger partial charge < -0.3 is 19.9 Å². The number of nitrogens with one attached hydrogen (secondary N) is 2. The summed E-state index contributed by atoms with van der Waals surface area (Å²) in [5.74, 6) is 0.902. The van der Waals surface area contributed by atoms with E-state index in [1.54, 1.807) is 74.2 Å². The van der Waals surface area contributed by atoms with Crippen molar-refractivity contribution in [3.8, 4) is 5.75 Å². The number of halogens is 1. The minimum Gasteiger partial charge on any atom is -0.497 e. The first-order valence-corrected chi connectivity index (χ1v) is 10.7. The van der Waals surface area contributed by atoms with E-state index in [1.165, 1.54) is 11.8 Å². The van der Waals surface area contributed by atoms with E-state index in [0.29, 0.717) is 27.3 Å². The van der Waals surface area contributed by atoms with Crippen LogP contribution in [0.25, 0.3) is 0 Å². The van der Waals surface area contributed by atoms with Gasteiger partial charge in [0, 0.05) is 23.3 Å². The molecule has 31 heavy (non-hydrogen) atoms. The average molecular weight is 460 g/mol. The van der Waals surface area contributed by atoms with E-state index in [-0.39, 0.29) is 18.4 Å². The first kappa shape index (κ1) is 22.6. The van der Waals surface area contributed by atoms with Crippen molar-refractivity contribution in [2.75, 3.05) is 12.4 Å². The van der Waals surface area contributed by atoms with E-state index in [1.807, 2.05) is 0 Å². The summed E-state index contributed by atoms with van der Waals surface area (Å²) in [5, 5.41) is 14.7. The molecule has 162 valence electrons. The number of rotatable bonds is 8. The van der Waals surface area contributed by atoms with Crippen molar-refractivity contribution in [3.63, 3.8) is 0 Å². The number of aromatic nitrogens is 3. The molecule has 1 heterocycles. The Morgan fingerprint density at radius 1 is 1.13 bits per heavy atom. The van der Waals surface area contributed by atoms with Crippen LogP contribution in [0.15, 0.2) is 53.7 Å². The summed E-state index contributed by atoms with van der Waals surface area (Å²) >= 11 is 7.13. The predicted octanol–water partition coefficient (Wildman–Crippen LogP) is 3.53. The van der Waals surface area contributed by atoms with Gasteiger partial charge in [-0.2, -0.15) is 0 Å². The first-order chi connectivity index (χ1) is 14.9. The number of carbonyl (C=O) groups is 2. The van der Waals surface area contributed by atoms with Gasteiger partial charge in [0.15, 0.2) is 11.0 Å². The molecule has 0 radical (unpaired) electrons. The number of carbonyl (C=O) groups excluding carboxylic acids is 2. The van der Waals surface area contributed by atoms with E-state index in [0.717, 1.165) is 5.75 Å². The normalized spacial score (nSPS) is 11.6. The summed E-state index contributed by atoms with van der Waals surface area (Å²) < 4.78 is 6.87. The molecular formula is C21H22ClN5O3S. The van der Waals surface area contributed by atoms with Gasteiger partial charge in [-0.1, -0.05) is 23.4 Å². The Morgan fingerprint density at radius 3 is 2.45 bits per heavy atom. The van der Waals surface area contributed by atoms with E-state index in [9.17, 15) is 9.59 Å². The quantitative estimate of drug-likeness (QED) is 0.500. The zero-order chi connectivity index (χ0) is 22.4. The first-order valence-electron chi connectivity index (χ1n) is 9.41. The molecule has 0 aliphatic rings. The van der Waals surface area contributed by atoms with Gasteiger partial charge in [-0.15, -0.1) is 10.2 Å². The number of methoxy groups -OCH3 is 1. The average Bonchev–Trinajstić information content (AvgIpc) is 3.12. The maximum Gasteiger partial charge on any atom is 0.251 e. The van der Waals surface area contributed by atoms with Crippen LogP contribution in [0, 0.1) is 0 Å². The number of benzene rings is 2. The molecule has 0 aliphatic heterocycles. The third-order valence-electron chi connectivity index (χ3n) is 4.45. The second kappa shape index (κ2) is 10.3. The molecule has 2 aromatic carbocycles. The maximum atomic E-state index is 12.5. The molecule has 3 rings (SSSR count). The lowest BCUT2D eigenvalue weighted by Gasteiger charge is -2.12. The summed E-state index contributed by atoms with van der Waals surface area (Å²) in [6.45, 7) is 2.00. The highest BCUT2D eigenvalue weighted by molar-refractivity contribution is 8.00. The molecular weight excluding hydrogens is 438 g/mol. The molecule has 0 saturated carbocycles. The molecule has 1 aromatic heterocycles. The molecule has 10 heteroatoms. The summed E-state index contributed by atoms with van der Waals surface area (Å²) in [4.78, 5) is 24.7. The highest BCUT2D eigenvalue weighted by atomic mass is 35.5. The second-order valence-corrected chi connectivity index (χ2v) is 8.37. The number of ether oxygens (including phenoxy) is 1. The standard InChI is InChI=1S/C21H22ClN5O3S/c1-13(19(28)24-16-8-10-17(30-3)11-9-16)31-21-26-25-18(27(21)2)12-23-20(29)14-4-6-15(22)7-5-14/h4-11,13H,12H2,1-3H3,(H,23,29)(H,24,28)/t13-/m1/s1. The Kier molecular flexibility index (Phi) is 7.54. The van der Waals surface area contributed by atoms with Crippen LogP contribution in [0.3, 0.4) is 0 Å². The summed E-state index contributed by atoms with van der Waals surface area (Å²) in [7, 11) is 3.38. The molecule has 0 fully saturated rings. The van der Waals surface area contributed by atoms with Gasteiger partial charge in [-0.3, -0.25) is 9.59 Å². The molecule has 3 aromatic rings.